The molecule has 1 amide bonds. The molecule has 140 valence electrons. The van der Waals surface area contributed by atoms with Gasteiger partial charge in [0.15, 0.2) is 0 Å². The van der Waals surface area contributed by atoms with E-state index in [1.54, 1.807) is 6.33 Å². The van der Waals surface area contributed by atoms with Gasteiger partial charge in [-0.2, -0.15) is 0 Å². The Morgan fingerprint density at radius 3 is 3.07 bits per heavy atom. The number of nitrogens with one attached hydrogen (secondary N) is 2. The SMILES string of the molecule is Cc1ccc2[nH]c3c(SCC(=O)NC4CCc5ccccc54)ncnc3c2c1. The van der Waals surface area contributed by atoms with Crippen molar-refractivity contribution in [2.45, 2.75) is 30.8 Å². The van der Waals surface area contributed by atoms with Crippen molar-refractivity contribution in [3.05, 3.63) is 65.5 Å². The second kappa shape index (κ2) is 6.95. The summed E-state index contributed by atoms with van der Waals surface area (Å²) in [4.78, 5) is 24.8. The van der Waals surface area contributed by atoms with Crippen LogP contribution in [0, 0.1) is 6.92 Å². The summed E-state index contributed by atoms with van der Waals surface area (Å²) in [5.74, 6) is 0.365. The van der Waals surface area contributed by atoms with E-state index in [9.17, 15) is 4.79 Å². The number of benzene rings is 2. The van der Waals surface area contributed by atoms with Crippen molar-refractivity contribution >= 4 is 39.6 Å². The van der Waals surface area contributed by atoms with Crippen LogP contribution in [-0.4, -0.2) is 26.6 Å². The first-order chi connectivity index (χ1) is 13.7. The van der Waals surface area contributed by atoms with Gasteiger partial charge in [0.05, 0.1) is 17.3 Å². The molecule has 1 aliphatic carbocycles. The Hall–Kier alpha value is -2.86. The van der Waals surface area contributed by atoms with Crippen molar-refractivity contribution in [1.29, 1.82) is 0 Å². The van der Waals surface area contributed by atoms with Crippen LogP contribution in [-0.2, 0) is 11.2 Å². The first-order valence-electron chi connectivity index (χ1n) is 9.42. The largest absolute Gasteiger partial charge is 0.351 e. The van der Waals surface area contributed by atoms with Gasteiger partial charge in [-0.25, -0.2) is 9.97 Å². The molecule has 0 bridgehead atoms. The van der Waals surface area contributed by atoms with Crippen molar-refractivity contribution < 1.29 is 4.79 Å². The van der Waals surface area contributed by atoms with Gasteiger partial charge in [-0.15, -0.1) is 0 Å². The number of aromatic nitrogens is 3. The highest BCUT2D eigenvalue weighted by Crippen LogP contribution is 2.32. The molecule has 0 saturated heterocycles. The van der Waals surface area contributed by atoms with Crippen molar-refractivity contribution in [3.8, 4) is 0 Å². The number of fused-ring (bicyclic) bond motifs is 4. The van der Waals surface area contributed by atoms with Crippen LogP contribution < -0.4 is 5.32 Å². The number of carbonyl (C=O) groups excluding carboxylic acids is 1. The Morgan fingerprint density at radius 1 is 1.25 bits per heavy atom. The lowest BCUT2D eigenvalue weighted by atomic mass is 10.1. The number of amides is 1. The maximum Gasteiger partial charge on any atom is 0.230 e. The number of aromatic amines is 1. The van der Waals surface area contributed by atoms with Gasteiger partial charge in [0, 0.05) is 10.9 Å². The highest BCUT2D eigenvalue weighted by molar-refractivity contribution is 8.00. The average molecular weight is 388 g/mol. The molecule has 2 aromatic carbocycles. The van der Waals surface area contributed by atoms with E-state index in [0.29, 0.717) is 5.75 Å². The zero-order valence-electron chi connectivity index (χ0n) is 15.5. The van der Waals surface area contributed by atoms with Crippen LogP contribution in [0.5, 0.6) is 0 Å². The van der Waals surface area contributed by atoms with E-state index in [2.05, 4.69) is 63.6 Å². The van der Waals surface area contributed by atoms with Crippen molar-refractivity contribution in [1.82, 2.24) is 20.3 Å². The van der Waals surface area contributed by atoms with E-state index in [-0.39, 0.29) is 11.9 Å². The van der Waals surface area contributed by atoms with E-state index in [1.165, 1.54) is 28.5 Å². The Bertz CT molecular complexity index is 1200. The smallest absolute Gasteiger partial charge is 0.230 e. The summed E-state index contributed by atoms with van der Waals surface area (Å²) in [6.07, 6.45) is 3.57. The van der Waals surface area contributed by atoms with E-state index in [4.69, 9.17) is 0 Å². The summed E-state index contributed by atoms with van der Waals surface area (Å²) in [6.45, 7) is 2.07. The quantitative estimate of drug-likeness (QED) is 0.404. The molecule has 0 saturated carbocycles. The van der Waals surface area contributed by atoms with Gasteiger partial charge in [0.1, 0.15) is 16.9 Å². The summed E-state index contributed by atoms with van der Waals surface area (Å²) in [7, 11) is 0. The van der Waals surface area contributed by atoms with Gasteiger partial charge in [0.2, 0.25) is 5.91 Å². The van der Waals surface area contributed by atoms with Gasteiger partial charge in [-0.3, -0.25) is 4.79 Å². The minimum absolute atomic E-state index is 0.0328. The molecule has 2 heterocycles. The zero-order valence-corrected chi connectivity index (χ0v) is 16.3. The number of carbonyl (C=O) groups is 1. The molecule has 1 aliphatic rings. The minimum Gasteiger partial charge on any atom is -0.351 e. The summed E-state index contributed by atoms with van der Waals surface area (Å²) in [6, 6.07) is 14.7. The Labute approximate surface area is 167 Å². The monoisotopic (exact) mass is 388 g/mol. The maximum absolute atomic E-state index is 12.5. The standard InChI is InChI=1S/C22H20N4OS/c1-13-6-8-18-16(10-13)20-21(26-18)22(24-12-23-20)28-11-19(27)25-17-9-7-14-4-2-3-5-15(14)17/h2-6,8,10,12,17,26H,7,9,11H2,1H3,(H,25,27). The van der Waals surface area contributed by atoms with Crippen LogP contribution in [0.1, 0.15) is 29.2 Å². The lowest BCUT2D eigenvalue weighted by molar-refractivity contribution is -0.119. The number of rotatable bonds is 4. The number of hydrogen-bond donors (Lipinski definition) is 2. The highest BCUT2D eigenvalue weighted by Gasteiger charge is 2.23. The van der Waals surface area contributed by atoms with Crippen molar-refractivity contribution in [2.24, 2.45) is 0 Å². The van der Waals surface area contributed by atoms with Crippen molar-refractivity contribution in [3.63, 3.8) is 0 Å². The topological polar surface area (TPSA) is 70.7 Å². The van der Waals surface area contributed by atoms with Crippen LogP contribution in [0.2, 0.25) is 0 Å². The van der Waals surface area contributed by atoms with Crippen LogP contribution in [0.3, 0.4) is 0 Å². The van der Waals surface area contributed by atoms with Crippen LogP contribution in [0.4, 0.5) is 0 Å². The van der Waals surface area contributed by atoms with E-state index in [1.807, 2.05) is 6.07 Å². The predicted molar refractivity (Wildman–Crippen MR) is 113 cm³/mol. The molecule has 0 radical (unpaired) electrons. The summed E-state index contributed by atoms with van der Waals surface area (Å²) < 4.78 is 0. The van der Waals surface area contributed by atoms with Gasteiger partial charge >= 0.3 is 0 Å². The third-order valence-corrected chi connectivity index (χ3v) is 6.30. The molecular formula is C22H20N4OS. The first-order valence-corrected chi connectivity index (χ1v) is 10.4. The fraction of sp³-hybridized carbons (Fsp3) is 0.227. The molecule has 5 rings (SSSR count). The van der Waals surface area contributed by atoms with E-state index >= 15 is 0 Å². The van der Waals surface area contributed by atoms with Gasteiger partial charge < -0.3 is 10.3 Å². The minimum atomic E-state index is 0.0328. The lowest BCUT2D eigenvalue weighted by Crippen LogP contribution is -2.28. The highest BCUT2D eigenvalue weighted by atomic mass is 32.2. The zero-order chi connectivity index (χ0) is 19.1. The molecule has 0 aliphatic heterocycles. The lowest BCUT2D eigenvalue weighted by Gasteiger charge is -2.13. The normalized spacial score (nSPS) is 15.8. The second-order valence-corrected chi connectivity index (χ2v) is 8.19. The number of H-pyrrole nitrogens is 1. The Balaban J connectivity index is 1.33. The molecule has 0 fully saturated rings. The molecule has 2 aromatic heterocycles. The molecule has 1 unspecified atom stereocenters. The molecule has 2 N–H and O–H groups in total. The second-order valence-electron chi connectivity index (χ2n) is 7.22. The summed E-state index contributed by atoms with van der Waals surface area (Å²) >= 11 is 1.45. The van der Waals surface area contributed by atoms with Crippen LogP contribution >= 0.6 is 11.8 Å². The Morgan fingerprint density at radius 2 is 2.14 bits per heavy atom. The molecule has 4 aromatic rings. The molecule has 28 heavy (non-hydrogen) atoms. The molecule has 1 atom stereocenters. The maximum atomic E-state index is 12.5. The van der Waals surface area contributed by atoms with Crippen LogP contribution in [0.25, 0.3) is 21.9 Å². The van der Waals surface area contributed by atoms with Crippen LogP contribution in [0.15, 0.2) is 53.8 Å². The van der Waals surface area contributed by atoms with Gasteiger partial charge in [-0.1, -0.05) is 47.7 Å². The van der Waals surface area contributed by atoms with E-state index < -0.39 is 0 Å². The first kappa shape index (κ1) is 17.3. The van der Waals surface area contributed by atoms with Gasteiger partial charge in [0.25, 0.3) is 0 Å². The third-order valence-electron chi connectivity index (χ3n) is 5.31. The molecule has 0 spiro atoms. The fourth-order valence-corrected chi connectivity index (χ4v) is 4.74. The number of aryl methyl sites for hydroxylation is 2. The third kappa shape index (κ3) is 3.03. The predicted octanol–water partition coefficient (Wildman–Crippen LogP) is 4.32. The summed E-state index contributed by atoms with van der Waals surface area (Å²) in [5, 5.41) is 5.07. The summed E-state index contributed by atoms with van der Waals surface area (Å²) in [5.41, 5.74) is 6.61. The number of nitrogens with zero attached hydrogens (tertiary/aromatic N) is 2. The molecular weight excluding hydrogens is 368 g/mol. The number of hydrogen-bond acceptors (Lipinski definition) is 4. The fourth-order valence-electron chi connectivity index (χ4n) is 3.97. The van der Waals surface area contributed by atoms with Gasteiger partial charge in [-0.05, 0) is 43.0 Å². The Kier molecular flexibility index (Phi) is 4.28. The number of thioether (sulfide) groups is 1. The van der Waals surface area contributed by atoms with E-state index in [0.717, 1.165) is 39.8 Å². The molecule has 5 nitrogen and oxygen atoms in total. The molecule has 6 heteroatoms. The average Bonchev–Trinajstić information content (AvgIpc) is 3.28. The van der Waals surface area contributed by atoms with Crippen molar-refractivity contribution in [2.75, 3.05) is 5.75 Å².